The molecule has 23 heavy (non-hydrogen) atoms. The minimum atomic E-state index is 0. The van der Waals surface area contributed by atoms with Crippen molar-refractivity contribution in [3.8, 4) is 11.5 Å². The summed E-state index contributed by atoms with van der Waals surface area (Å²) in [4.78, 5) is 4.53. The minimum absolute atomic E-state index is 0. The van der Waals surface area contributed by atoms with Gasteiger partial charge < -0.3 is 20.1 Å². The van der Waals surface area contributed by atoms with Crippen LogP contribution in [0.5, 0.6) is 11.5 Å². The standard InChI is InChI=1S/C17H27N3O2.HI/c1-5-11-19-17(18-6-2)20-12-7-8-14-9-10-15(21-3)16(13-14)22-4;/h5,9-10,13H,1,6-8,11-12H2,2-4H3,(H2,18,19,20);1H. The zero-order valence-corrected chi connectivity index (χ0v) is 16.6. The number of aryl methyl sites for hydroxylation is 1. The summed E-state index contributed by atoms with van der Waals surface area (Å²) in [5, 5.41) is 6.39. The number of hydrogen-bond acceptors (Lipinski definition) is 3. The fourth-order valence-electron chi connectivity index (χ4n) is 2.02. The van der Waals surface area contributed by atoms with Crippen molar-refractivity contribution in [2.24, 2.45) is 4.99 Å². The summed E-state index contributed by atoms with van der Waals surface area (Å²) >= 11 is 0. The highest BCUT2D eigenvalue weighted by Crippen LogP contribution is 2.27. The van der Waals surface area contributed by atoms with Crippen LogP contribution in [0.25, 0.3) is 0 Å². The van der Waals surface area contributed by atoms with Crippen LogP contribution in [-0.4, -0.2) is 39.8 Å². The van der Waals surface area contributed by atoms with Gasteiger partial charge in [-0.05, 0) is 37.5 Å². The molecule has 0 saturated heterocycles. The highest BCUT2D eigenvalue weighted by atomic mass is 127. The summed E-state index contributed by atoms with van der Waals surface area (Å²) in [5.41, 5.74) is 1.22. The first kappa shape index (κ1) is 21.6. The number of guanidine groups is 1. The van der Waals surface area contributed by atoms with E-state index < -0.39 is 0 Å². The van der Waals surface area contributed by atoms with E-state index in [1.165, 1.54) is 5.56 Å². The third kappa shape index (κ3) is 8.11. The smallest absolute Gasteiger partial charge is 0.191 e. The monoisotopic (exact) mass is 433 g/mol. The Hall–Kier alpha value is -1.44. The molecule has 1 aromatic rings. The molecular weight excluding hydrogens is 405 g/mol. The molecule has 0 aliphatic heterocycles. The molecule has 0 saturated carbocycles. The number of hydrogen-bond donors (Lipinski definition) is 2. The van der Waals surface area contributed by atoms with Crippen molar-refractivity contribution in [3.63, 3.8) is 0 Å². The molecule has 0 atom stereocenters. The Balaban J connectivity index is 0.00000484. The third-order valence-electron chi connectivity index (χ3n) is 3.10. The third-order valence-corrected chi connectivity index (χ3v) is 3.10. The Labute approximate surface area is 156 Å². The van der Waals surface area contributed by atoms with Crippen LogP contribution < -0.4 is 20.1 Å². The van der Waals surface area contributed by atoms with Crippen LogP contribution in [-0.2, 0) is 6.42 Å². The Bertz CT molecular complexity index is 493. The van der Waals surface area contributed by atoms with Crippen molar-refractivity contribution < 1.29 is 9.47 Å². The Morgan fingerprint density at radius 2 is 1.96 bits per heavy atom. The number of nitrogens with zero attached hydrogens (tertiary/aromatic N) is 1. The van der Waals surface area contributed by atoms with Crippen molar-refractivity contribution in [1.29, 1.82) is 0 Å². The summed E-state index contributed by atoms with van der Waals surface area (Å²) in [6, 6.07) is 6.02. The number of benzene rings is 1. The van der Waals surface area contributed by atoms with Crippen molar-refractivity contribution in [2.45, 2.75) is 19.8 Å². The molecule has 0 fully saturated rings. The van der Waals surface area contributed by atoms with E-state index in [0.717, 1.165) is 43.4 Å². The van der Waals surface area contributed by atoms with Gasteiger partial charge in [-0.3, -0.25) is 4.99 Å². The maximum atomic E-state index is 5.32. The van der Waals surface area contributed by atoms with Crippen LogP contribution >= 0.6 is 24.0 Å². The summed E-state index contributed by atoms with van der Waals surface area (Å²) < 4.78 is 10.6. The Morgan fingerprint density at radius 1 is 1.22 bits per heavy atom. The van der Waals surface area contributed by atoms with Gasteiger partial charge in [0.1, 0.15) is 0 Å². The molecule has 0 heterocycles. The van der Waals surface area contributed by atoms with Crippen LogP contribution in [0.3, 0.4) is 0 Å². The van der Waals surface area contributed by atoms with Gasteiger partial charge in [0.25, 0.3) is 0 Å². The highest BCUT2D eigenvalue weighted by Gasteiger charge is 2.04. The molecule has 0 radical (unpaired) electrons. The summed E-state index contributed by atoms with van der Waals surface area (Å²) in [7, 11) is 3.30. The molecule has 5 nitrogen and oxygen atoms in total. The SMILES string of the molecule is C=CCNC(=NCCCc1ccc(OC)c(OC)c1)NCC.I. The molecule has 0 amide bonds. The van der Waals surface area contributed by atoms with Gasteiger partial charge in [-0.15, -0.1) is 30.6 Å². The van der Waals surface area contributed by atoms with Gasteiger partial charge >= 0.3 is 0 Å². The number of nitrogens with one attached hydrogen (secondary N) is 2. The molecule has 0 aliphatic carbocycles. The lowest BCUT2D eigenvalue weighted by Gasteiger charge is -2.10. The predicted octanol–water partition coefficient (Wildman–Crippen LogP) is 3.00. The maximum absolute atomic E-state index is 5.32. The van der Waals surface area contributed by atoms with E-state index in [-0.39, 0.29) is 24.0 Å². The van der Waals surface area contributed by atoms with Crippen LogP contribution in [0.4, 0.5) is 0 Å². The fourth-order valence-corrected chi connectivity index (χ4v) is 2.02. The second-order valence-corrected chi connectivity index (χ2v) is 4.72. The van der Waals surface area contributed by atoms with Gasteiger partial charge in [0, 0.05) is 19.6 Å². The van der Waals surface area contributed by atoms with E-state index in [4.69, 9.17) is 9.47 Å². The Morgan fingerprint density at radius 3 is 2.57 bits per heavy atom. The molecule has 0 unspecified atom stereocenters. The van der Waals surface area contributed by atoms with Gasteiger partial charge in [-0.1, -0.05) is 12.1 Å². The van der Waals surface area contributed by atoms with Crippen LogP contribution in [0.1, 0.15) is 18.9 Å². The van der Waals surface area contributed by atoms with Gasteiger partial charge in [0.05, 0.1) is 14.2 Å². The minimum Gasteiger partial charge on any atom is -0.493 e. The molecule has 2 N–H and O–H groups in total. The van der Waals surface area contributed by atoms with Crippen molar-refractivity contribution in [3.05, 3.63) is 36.4 Å². The van der Waals surface area contributed by atoms with Crippen LogP contribution in [0, 0.1) is 0 Å². The second kappa shape index (κ2) is 13.0. The van der Waals surface area contributed by atoms with E-state index in [1.807, 2.05) is 18.2 Å². The average molecular weight is 433 g/mol. The van der Waals surface area contributed by atoms with Crippen molar-refractivity contribution in [2.75, 3.05) is 33.9 Å². The van der Waals surface area contributed by atoms with Gasteiger partial charge in [-0.2, -0.15) is 0 Å². The van der Waals surface area contributed by atoms with Gasteiger partial charge in [-0.25, -0.2) is 0 Å². The largest absolute Gasteiger partial charge is 0.493 e. The van der Waals surface area contributed by atoms with Crippen molar-refractivity contribution >= 4 is 29.9 Å². The summed E-state index contributed by atoms with van der Waals surface area (Å²) in [6.45, 7) is 8.06. The van der Waals surface area contributed by atoms with Crippen LogP contribution in [0.15, 0.2) is 35.8 Å². The molecule has 6 heteroatoms. The van der Waals surface area contributed by atoms with Crippen molar-refractivity contribution in [1.82, 2.24) is 10.6 Å². The quantitative estimate of drug-likeness (QED) is 0.207. The van der Waals surface area contributed by atoms with E-state index in [0.29, 0.717) is 6.54 Å². The predicted molar refractivity (Wildman–Crippen MR) is 107 cm³/mol. The van der Waals surface area contributed by atoms with E-state index in [9.17, 15) is 0 Å². The Kier molecular flexibility index (Phi) is 12.2. The topological polar surface area (TPSA) is 54.9 Å². The lowest BCUT2D eigenvalue weighted by molar-refractivity contribution is 0.354. The molecule has 130 valence electrons. The molecule has 0 bridgehead atoms. The number of aliphatic imine (C=N–C) groups is 1. The zero-order valence-electron chi connectivity index (χ0n) is 14.2. The normalized spacial score (nSPS) is 10.5. The summed E-state index contributed by atoms with van der Waals surface area (Å²) in [5.74, 6) is 2.35. The first-order chi connectivity index (χ1) is 10.7. The molecule has 1 aromatic carbocycles. The second-order valence-electron chi connectivity index (χ2n) is 4.72. The average Bonchev–Trinajstić information content (AvgIpc) is 2.56. The maximum Gasteiger partial charge on any atom is 0.191 e. The highest BCUT2D eigenvalue weighted by molar-refractivity contribution is 14.0. The molecule has 1 rings (SSSR count). The first-order valence-electron chi connectivity index (χ1n) is 7.59. The van der Waals surface area contributed by atoms with E-state index in [1.54, 1.807) is 14.2 Å². The lowest BCUT2D eigenvalue weighted by Crippen LogP contribution is -2.37. The molecule has 0 aromatic heterocycles. The van der Waals surface area contributed by atoms with E-state index >= 15 is 0 Å². The molecule has 0 spiro atoms. The number of methoxy groups -OCH3 is 2. The fraction of sp³-hybridized carbons (Fsp3) is 0.471. The summed E-state index contributed by atoms with van der Waals surface area (Å²) in [6.07, 6.45) is 3.74. The number of ether oxygens (including phenoxy) is 2. The molecule has 0 aliphatic rings. The van der Waals surface area contributed by atoms with E-state index in [2.05, 4.69) is 35.2 Å². The van der Waals surface area contributed by atoms with Crippen LogP contribution in [0.2, 0.25) is 0 Å². The molecular formula is C17H28IN3O2. The number of halogens is 1. The lowest BCUT2D eigenvalue weighted by atomic mass is 10.1. The van der Waals surface area contributed by atoms with Gasteiger partial charge in [0.15, 0.2) is 17.5 Å². The first-order valence-corrected chi connectivity index (χ1v) is 7.59. The zero-order chi connectivity index (χ0) is 16.2. The number of rotatable bonds is 9. The van der Waals surface area contributed by atoms with Gasteiger partial charge in [0.2, 0.25) is 0 Å².